The molecular formula is C24H29F4N3O3S. The average molecular weight is 516 g/mol. The van der Waals surface area contributed by atoms with Gasteiger partial charge in [-0.1, -0.05) is 20.8 Å². The minimum Gasteiger partial charge on any atom is -0.481 e. The van der Waals surface area contributed by atoms with Gasteiger partial charge in [0.1, 0.15) is 5.01 Å². The van der Waals surface area contributed by atoms with Crippen LogP contribution in [0.5, 0.6) is 5.88 Å². The molecule has 11 heteroatoms. The maximum atomic E-state index is 13.8. The SMILES string of the molecule is CC(C)(C)[C@H]1CN(Cc2cnc(-c3cccnc3OC(F)F)s2)CC(CC2CC2(F)F)(C(=O)O)C1. The predicted octanol–water partition coefficient (Wildman–Crippen LogP) is 5.79. The molecule has 2 fully saturated rings. The summed E-state index contributed by atoms with van der Waals surface area (Å²) in [5.74, 6) is -4.93. The van der Waals surface area contributed by atoms with Crippen LogP contribution in [0, 0.1) is 22.7 Å². The van der Waals surface area contributed by atoms with Crippen LogP contribution in [0.4, 0.5) is 17.6 Å². The highest BCUT2D eigenvalue weighted by atomic mass is 32.1. The van der Waals surface area contributed by atoms with Crippen LogP contribution in [-0.2, 0) is 11.3 Å². The van der Waals surface area contributed by atoms with Crippen molar-refractivity contribution >= 4 is 17.3 Å². The van der Waals surface area contributed by atoms with E-state index in [0.717, 1.165) is 4.88 Å². The monoisotopic (exact) mass is 515 g/mol. The molecule has 0 bridgehead atoms. The molecule has 192 valence electrons. The normalized spacial score (nSPS) is 26.6. The largest absolute Gasteiger partial charge is 0.481 e. The Bertz CT molecular complexity index is 1070. The zero-order chi connectivity index (χ0) is 25.6. The first-order valence-electron chi connectivity index (χ1n) is 11.5. The number of carboxylic acids is 1. The maximum absolute atomic E-state index is 13.8. The van der Waals surface area contributed by atoms with Crippen molar-refractivity contribution < 1.29 is 32.2 Å². The van der Waals surface area contributed by atoms with Gasteiger partial charge in [0.25, 0.3) is 5.92 Å². The minimum atomic E-state index is -3.02. The van der Waals surface area contributed by atoms with Crippen LogP contribution < -0.4 is 4.74 Å². The van der Waals surface area contributed by atoms with Crippen LogP contribution in [0.15, 0.2) is 24.5 Å². The van der Waals surface area contributed by atoms with Gasteiger partial charge < -0.3 is 9.84 Å². The van der Waals surface area contributed by atoms with Gasteiger partial charge in [-0.2, -0.15) is 8.78 Å². The fraction of sp³-hybridized carbons (Fsp3) is 0.625. The fourth-order valence-electron chi connectivity index (χ4n) is 4.92. The Morgan fingerprint density at radius 2 is 2.03 bits per heavy atom. The van der Waals surface area contributed by atoms with Gasteiger partial charge in [0.05, 0.1) is 11.0 Å². The van der Waals surface area contributed by atoms with Gasteiger partial charge in [0.15, 0.2) is 0 Å². The van der Waals surface area contributed by atoms with Gasteiger partial charge in [-0.25, -0.2) is 18.7 Å². The van der Waals surface area contributed by atoms with Crippen LogP contribution in [-0.4, -0.2) is 51.6 Å². The van der Waals surface area contributed by atoms with E-state index in [1.165, 1.54) is 17.5 Å². The van der Waals surface area contributed by atoms with Gasteiger partial charge in [-0.3, -0.25) is 9.69 Å². The number of thiazole rings is 1. The summed E-state index contributed by atoms with van der Waals surface area (Å²) in [7, 11) is 0. The molecule has 0 radical (unpaired) electrons. The molecule has 0 spiro atoms. The summed E-state index contributed by atoms with van der Waals surface area (Å²) in [6.07, 6.45) is 3.03. The van der Waals surface area contributed by atoms with E-state index < -0.39 is 29.8 Å². The lowest BCUT2D eigenvalue weighted by atomic mass is 9.65. The second-order valence-corrected chi connectivity index (χ2v) is 11.9. The second-order valence-electron chi connectivity index (χ2n) is 10.8. The molecule has 3 heterocycles. The molecule has 2 aromatic rings. The molecule has 6 nitrogen and oxygen atoms in total. The quantitative estimate of drug-likeness (QED) is 0.449. The van der Waals surface area contributed by atoms with Crippen molar-refractivity contribution in [3.8, 4) is 16.5 Å². The number of carbonyl (C=O) groups is 1. The van der Waals surface area contributed by atoms with Crippen LogP contribution in [0.2, 0.25) is 0 Å². The van der Waals surface area contributed by atoms with Crippen molar-refractivity contribution in [2.45, 2.75) is 59.1 Å². The highest BCUT2D eigenvalue weighted by molar-refractivity contribution is 7.15. The van der Waals surface area contributed by atoms with E-state index in [4.69, 9.17) is 0 Å². The molecule has 1 saturated heterocycles. The Kier molecular flexibility index (Phi) is 6.87. The smallest absolute Gasteiger partial charge is 0.388 e. The fourth-order valence-corrected chi connectivity index (χ4v) is 5.89. The summed E-state index contributed by atoms with van der Waals surface area (Å²) >= 11 is 1.28. The number of carboxylic acid groups (broad SMARTS) is 1. The lowest BCUT2D eigenvalue weighted by Gasteiger charge is -2.48. The molecule has 0 aromatic carbocycles. The number of aromatic nitrogens is 2. The Hall–Kier alpha value is -2.27. The van der Waals surface area contributed by atoms with Crippen molar-refractivity contribution in [3.63, 3.8) is 0 Å². The number of pyridine rings is 1. The summed E-state index contributed by atoms with van der Waals surface area (Å²) < 4.78 is 57.6. The zero-order valence-electron chi connectivity index (χ0n) is 19.8. The number of halogens is 4. The Morgan fingerprint density at radius 3 is 2.63 bits per heavy atom. The first-order chi connectivity index (χ1) is 16.3. The van der Waals surface area contributed by atoms with Gasteiger partial charge in [-0.05, 0) is 36.3 Å². The summed E-state index contributed by atoms with van der Waals surface area (Å²) in [6, 6.07) is 3.19. The van der Waals surface area contributed by atoms with Gasteiger partial charge in [-0.15, -0.1) is 11.3 Å². The number of likely N-dealkylation sites (tertiary alicyclic amines) is 1. The Balaban J connectivity index is 1.57. The topological polar surface area (TPSA) is 75.5 Å². The minimum absolute atomic E-state index is 0.00326. The first-order valence-corrected chi connectivity index (χ1v) is 12.3. The molecule has 2 aliphatic rings. The number of hydrogen-bond donors (Lipinski definition) is 1. The van der Waals surface area contributed by atoms with Gasteiger partial charge >= 0.3 is 12.6 Å². The molecule has 0 amide bonds. The average Bonchev–Trinajstić information content (AvgIpc) is 3.12. The first kappa shape index (κ1) is 25.8. The summed E-state index contributed by atoms with van der Waals surface area (Å²) in [5.41, 5.74) is -1.12. The van der Waals surface area contributed by atoms with Crippen LogP contribution in [0.1, 0.15) is 44.9 Å². The standard InChI is InChI=1S/C24H29F4N3O3S/c1-22(2,3)15-8-23(20(32)33,7-14-9-24(14,27)28)13-31(11-15)12-16-10-30-19(35-16)17-5-4-6-29-18(17)34-21(25)26/h4-6,10,14-15,21H,7-9,11-13H2,1-3H3,(H,32,33)/t14?,15-,23?/m1/s1. The number of piperidine rings is 1. The van der Waals surface area contributed by atoms with E-state index in [1.54, 1.807) is 18.3 Å². The third-order valence-electron chi connectivity index (χ3n) is 7.05. The molecule has 4 rings (SSSR count). The molecule has 1 aliphatic carbocycles. The summed E-state index contributed by atoms with van der Waals surface area (Å²) in [5, 5.41) is 10.6. The lowest BCUT2D eigenvalue weighted by Crippen LogP contribution is -2.53. The molecular weight excluding hydrogens is 486 g/mol. The number of ether oxygens (including phenoxy) is 1. The number of rotatable bonds is 8. The van der Waals surface area contributed by atoms with E-state index in [0.29, 0.717) is 30.1 Å². The molecule has 2 aromatic heterocycles. The highest BCUT2D eigenvalue weighted by Gasteiger charge is 2.61. The molecule has 3 atom stereocenters. The summed E-state index contributed by atoms with van der Waals surface area (Å²) in [4.78, 5) is 23.5. The van der Waals surface area contributed by atoms with Crippen molar-refractivity contribution in [1.29, 1.82) is 0 Å². The number of alkyl halides is 4. The van der Waals surface area contributed by atoms with E-state index in [2.05, 4.69) is 14.7 Å². The van der Waals surface area contributed by atoms with E-state index in [-0.39, 0.29) is 36.6 Å². The Labute approximate surface area is 205 Å². The molecule has 1 aliphatic heterocycles. The lowest BCUT2D eigenvalue weighted by molar-refractivity contribution is -0.157. The third kappa shape index (κ3) is 5.77. The van der Waals surface area contributed by atoms with E-state index >= 15 is 0 Å². The van der Waals surface area contributed by atoms with Crippen molar-refractivity contribution in [2.24, 2.45) is 22.7 Å². The Morgan fingerprint density at radius 1 is 1.31 bits per heavy atom. The second kappa shape index (κ2) is 9.31. The van der Waals surface area contributed by atoms with Crippen molar-refractivity contribution in [2.75, 3.05) is 13.1 Å². The van der Waals surface area contributed by atoms with Crippen LogP contribution in [0.25, 0.3) is 10.6 Å². The summed E-state index contributed by atoms with van der Waals surface area (Å²) in [6.45, 7) is 4.27. The van der Waals surface area contributed by atoms with Crippen LogP contribution >= 0.6 is 11.3 Å². The van der Waals surface area contributed by atoms with Gasteiger partial charge in [0.2, 0.25) is 5.88 Å². The zero-order valence-corrected chi connectivity index (χ0v) is 20.6. The molecule has 1 N–H and O–H groups in total. The highest BCUT2D eigenvalue weighted by Crippen LogP contribution is 2.56. The predicted molar refractivity (Wildman–Crippen MR) is 123 cm³/mol. The van der Waals surface area contributed by atoms with E-state index in [9.17, 15) is 27.5 Å². The molecule has 1 saturated carbocycles. The number of nitrogens with zero attached hydrogens (tertiary/aromatic N) is 3. The number of aliphatic carboxylic acids is 1. The van der Waals surface area contributed by atoms with Crippen molar-refractivity contribution in [3.05, 3.63) is 29.4 Å². The van der Waals surface area contributed by atoms with Gasteiger partial charge in [0, 0.05) is 49.2 Å². The van der Waals surface area contributed by atoms with Crippen molar-refractivity contribution in [1.82, 2.24) is 14.9 Å². The van der Waals surface area contributed by atoms with Crippen LogP contribution in [0.3, 0.4) is 0 Å². The number of hydrogen-bond acceptors (Lipinski definition) is 6. The maximum Gasteiger partial charge on any atom is 0.388 e. The molecule has 35 heavy (non-hydrogen) atoms. The molecule has 2 unspecified atom stereocenters. The van der Waals surface area contributed by atoms with E-state index in [1.807, 2.05) is 25.7 Å². The third-order valence-corrected chi connectivity index (χ3v) is 8.06.